The molecule has 132 valence electrons. The van der Waals surface area contributed by atoms with E-state index < -0.39 is 0 Å². The molecule has 24 heavy (non-hydrogen) atoms. The molecule has 3 N–H and O–H groups in total. The predicted octanol–water partition coefficient (Wildman–Crippen LogP) is 0.557. The van der Waals surface area contributed by atoms with Crippen molar-refractivity contribution in [2.75, 3.05) is 37.6 Å². The summed E-state index contributed by atoms with van der Waals surface area (Å²) in [5.41, 5.74) is 6.16. The van der Waals surface area contributed by atoms with Gasteiger partial charge < -0.3 is 16.0 Å². The fourth-order valence-corrected chi connectivity index (χ4v) is 4.27. The molecule has 0 aliphatic carbocycles. The number of hydrogen-bond acceptors (Lipinski definition) is 6. The summed E-state index contributed by atoms with van der Waals surface area (Å²) in [6.45, 7) is 4.29. The molecule has 3 heterocycles. The summed E-state index contributed by atoms with van der Waals surface area (Å²) < 4.78 is 0. The third kappa shape index (κ3) is 4.45. The molecule has 0 aromatic carbocycles. The molecule has 1 atom stereocenters. The molecule has 0 bridgehead atoms. The number of carbonyl (C=O) groups is 2. The van der Waals surface area contributed by atoms with Crippen LogP contribution in [0.1, 0.15) is 31.4 Å². The Morgan fingerprint density at radius 1 is 1.29 bits per heavy atom. The molecule has 2 aliphatic rings. The molecule has 0 saturated carbocycles. The zero-order valence-corrected chi connectivity index (χ0v) is 14.7. The zero-order chi connectivity index (χ0) is 16.9. The van der Waals surface area contributed by atoms with Crippen LogP contribution in [0, 0.1) is 5.92 Å². The molecule has 7 nitrogen and oxygen atoms in total. The first-order chi connectivity index (χ1) is 11.6. The van der Waals surface area contributed by atoms with Crippen LogP contribution in [0.4, 0.5) is 5.13 Å². The van der Waals surface area contributed by atoms with E-state index in [0.29, 0.717) is 13.1 Å². The lowest BCUT2D eigenvalue weighted by Crippen LogP contribution is -2.45. The molecule has 1 unspecified atom stereocenters. The highest BCUT2D eigenvalue weighted by molar-refractivity contribution is 7.13. The standard InChI is InChI=1S/C16H25N5O2S/c17-14(22)10-20-5-3-4-12(9-20)15(23)18-8-13-11-24-16(19-13)21-6-1-2-7-21/h11-12H,1-10H2,(H2,17,22)(H,18,23). The van der Waals surface area contributed by atoms with Gasteiger partial charge in [0.05, 0.1) is 24.7 Å². The van der Waals surface area contributed by atoms with Gasteiger partial charge in [-0.05, 0) is 32.2 Å². The highest BCUT2D eigenvalue weighted by Gasteiger charge is 2.26. The van der Waals surface area contributed by atoms with Crippen LogP contribution in [0.2, 0.25) is 0 Å². The quantitative estimate of drug-likeness (QED) is 0.781. The van der Waals surface area contributed by atoms with Crippen molar-refractivity contribution in [1.29, 1.82) is 0 Å². The van der Waals surface area contributed by atoms with Gasteiger partial charge in [-0.1, -0.05) is 0 Å². The summed E-state index contributed by atoms with van der Waals surface area (Å²) in [5.74, 6) is -0.373. The average Bonchev–Trinajstić information content (AvgIpc) is 3.23. The van der Waals surface area contributed by atoms with Gasteiger partial charge >= 0.3 is 0 Å². The van der Waals surface area contributed by atoms with Crippen molar-refractivity contribution in [1.82, 2.24) is 15.2 Å². The second-order valence-electron chi connectivity index (χ2n) is 6.57. The topological polar surface area (TPSA) is 91.6 Å². The Hall–Kier alpha value is -1.67. The van der Waals surface area contributed by atoms with Gasteiger partial charge in [-0.3, -0.25) is 14.5 Å². The normalized spacial score (nSPS) is 21.8. The van der Waals surface area contributed by atoms with Crippen molar-refractivity contribution in [2.24, 2.45) is 11.7 Å². The molecule has 2 amide bonds. The van der Waals surface area contributed by atoms with E-state index >= 15 is 0 Å². The molecule has 2 saturated heterocycles. The van der Waals surface area contributed by atoms with Crippen LogP contribution in [-0.4, -0.2) is 54.4 Å². The van der Waals surface area contributed by atoms with Gasteiger partial charge in [0.25, 0.3) is 0 Å². The number of nitrogens with one attached hydrogen (secondary N) is 1. The number of anilines is 1. The first-order valence-electron chi connectivity index (χ1n) is 8.59. The molecule has 8 heteroatoms. The largest absolute Gasteiger partial charge is 0.369 e. The summed E-state index contributed by atoms with van der Waals surface area (Å²) in [7, 11) is 0. The van der Waals surface area contributed by atoms with Crippen molar-refractivity contribution >= 4 is 28.3 Å². The number of nitrogens with zero attached hydrogens (tertiary/aromatic N) is 3. The highest BCUT2D eigenvalue weighted by atomic mass is 32.1. The maximum atomic E-state index is 12.4. The highest BCUT2D eigenvalue weighted by Crippen LogP contribution is 2.24. The van der Waals surface area contributed by atoms with Crippen molar-refractivity contribution in [3.8, 4) is 0 Å². The minimum Gasteiger partial charge on any atom is -0.369 e. The number of thiazole rings is 1. The van der Waals surface area contributed by atoms with Gasteiger partial charge in [-0.15, -0.1) is 11.3 Å². The minimum absolute atomic E-state index is 0.0416. The SMILES string of the molecule is NC(=O)CN1CCCC(C(=O)NCc2csc(N3CCCC3)n2)C1. The molecule has 2 aliphatic heterocycles. The van der Waals surface area contributed by atoms with E-state index in [2.05, 4.69) is 15.2 Å². The minimum atomic E-state index is -0.340. The number of nitrogens with two attached hydrogens (primary N) is 1. The van der Waals surface area contributed by atoms with Gasteiger partial charge in [-0.2, -0.15) is 0 Å². The van der Waals surface area contributed by atoms with Crippen LogP contribution in [0.25, 0.3) is 0 Å². The fourth-order valence-electron chi connectivity index (χ4n) is 3.39. The van der Waals surface area contributed by atoms with Gasteiger partial charge in [0, 0.05) is 25.0 Å². The van der Waals surface area contributed by atoms with Gasteiger partial charge in [-0.25, -0.2) is 4.98 Å². The van der Waals surface area contributed by atoms with Crippen molar-refractivity contribution < 1.29 is 9.59 Å². The maximum absolute atomic E-state index is 12.4. The molecule has 2 fully saturated rings. The Bertz CT molecular complexity index is 585. The lowest BCUT2D eigenvalue weighted by atomic mass is 9.97. The third-order valence-corrected chi connectivity index (χ3v) is 5.57. The van der Waals surface area contributed by atoms with E-state index in [9.17, 15) is 9.59 Å². The molecule has 3 rings (SSSR count). The second kappa shape index (κ2) is 7.94. The van der Waals surface area contributed by atoms with Gasteiger partial charge in [0.15, 0.2) is 5.13 Å². The predicted molar refractivity (Wildman–Crippen MR) is 93.8 cm³/mol. The Morgan fingerprint density at radius 3 is 2.83 bits per heavy atom. The second-order valence-corrected chi connectivity index (χ2v) is 7.41. The van der Waals surface area contributed by atoms with E-state index in [1.54, 1.807) is 11.3 Å². The Labute approximate surface area is 146 Å². The van der Waals surface area contributed by atoms with Crippen LogP contribution < -0.4 is 16.0 Å². The maximum Gasteiger partial charge on any atom is 0.231 e. The Balaban J connectivity index is 1.47. The average molecular weight is 351 g/mol. The molecule has 0 radical (unpaired) electrons. The number of likely N-dealkylation sites (tertiary alicyclic amines) is 1. The van der Waals surface area contributed by atoms with E-state index in [0.717, 1.165) is 43.3 Å². The molecule has 1 aromatic heterocycles. The van der Waals surface area contributed by atoms with Crippen LogP contribution >= 0.6 is 11.3 Å². The Kier molecular flexibility index (Phi) is 5.68. The lowest BCUT2D eigenvalue weighted by Gasteiger charge is -2.30. The van der Waals surface area contributed by atoms with Gasteiger partial charge in [0.1, 0.15) is 0 Å². The van der Waals surface area contributed by atoms with E-state index in [1.165, 1.54) is 12.8 Å². The number of amides is 2. The summed E-state index contributed by atoms with van der Waals surface area (Å²) in [6.07, 6.45) is 4.24. The zero-order valence-electron chi connectivity index (χ0n) is 13.9. The molecule has 0 spiro atoms. The molecular formula is C16H25N5O2S. The summed E-state index contributed by atoms with van der Waals surface area (Å²) in [6, 6.07) is 0. The van der Waals surface area contributed by atoms with E-state index in [4.69, 9.17) is 5.73 Å². The molecule has 1 aromatic rings. The summed E-state index contributed by atoms with van der Waals surface area (Å²) >= 11 is 1.65. The third-order valence-electron chi connectivity index (χ3n) is 4.62. The van der Waals surface area contributed by atoms with Gasteiger partial charge in [0.2, 0.25) is 11.8 Å². The first-order valence-corrected chi connectivity index (χ1v) is 9.47. The fraction of sp³-hybridized carbons (Fsp3) is 0.688. The summed E-state index contributed by atoms with van der Waals surface area (Å²) in [5, 5.41) is 6.07. The number of hydrogen-bond donors (Lipinski definition) is 2. The van der Waals surface area contributed by atoms with Crippen molar-refractivity contribution in [2.45, 2.75) is 32.2 Å². The van der Waals surface area contributed by atoms with E-state index in [1.807, 2.05) is 10.3 Å². The van der Waals surface area contributed by atoms with Crippen LogP contribution in [0.15, 0.2) is 5.38 Å². The summed E-state index contributed by atoms with van der Waals surface area (Å²) in [4.78, 5) is 32.3. The number of primary amides is 1. The Morgan fingerprint density at radius 2 is 2.08 bits per heavy atom. The number of carbonyl (C=O) groups excluding carboxylic acids is 2. The smallest absolute Gasteiger partial charge is 0.231 e. The lowest BCUT2D eigenvalue weighted by molar-refractivity contribution is -0.128. The van der Waals surface area contributed by atoms with Crippen molar-refractivity contribution in [3.05, 3.63) is 11.1 Å². The number of rotatable bonds is 6. The first kappa shape index (κ1) is 17.2. The number of piperidine rings is 1. The van der Waals surface area contributed by atoms with Crippen molar-refractivity contribution in [3.63, 3.8) is 0 Å². The monoisotopic (exact) mass is 351 g/mol. The number of aromatic nitrogens is 1. The van der Waals surface area contributed by atoms with E-state index in [-0.39, 0.29) is 24.3 Å². The van der Waals surface area contributed by atoms with Crippen LogP contribution in [0.5, 0.6) is 0 Å². The van der Waals surface area contributed by atoms with Crippen LogP contribution in [0.3, 0.4) is 0 Å². The van der Waals surface area contributed by atoms with Crippen LogP contribution in [-0.2, 0) is 16.1 Å². The molecular weight excluding hydrogens is 326 g/mol.